The van der Waals surface area contributed by atoms with Crippen molar-refractivity contribution in [3.8, 4) is 0 Å². The molecule has 4 rings (SSSR count). The van der Waals surface area contributed by atoms with Crippen LogP contribution >= 0.6 is 23.2 Å². The van der Waals surface area contributed by atoms with E-state index in [9.17, 15) is 14.4 Å². The average Bonchev–Trinajstić information content (AvgIpc) is 3.38. The molecule has 1 N–H and O–H groups in total. The Morgan fingerprint density at radius 2 is 1.97 bits per heavy atom. The number of urea groups is 1. The van der Waals surface area contributed by atoms with Crippen LogP contribution in [-0.4, -0.2) is 78.5 Å². The summed E-state index contributed by atoms with van der Waals surface area (Å²) in [6, 6.07) is 7.11. The summed E-state index contributed by atoms with van der Waals surface area (Å²) < 4.78 is 10.7. The number of amides is 3. The molecule has 192 valence electrons. The predicted octanol–water partition coefficient (Wildman–Crippen LogP) is 3.95. The Hall–Kier alpha value is -3.01. The Balaban J connectivity index is 1.65. The van der Waals surface area contributed by atoms with Gasteiger partial charge in [0.1, 0.15) is 0 Å². The van der Waals surface area contributed by atoms with E-state index >= 15 is 0 Å². The molecule has 3 amide bonds. The molecule has 1 fully saturated rings. The molecule has 2 aliphatic rings. The maximum Gasteiger partial charge on any atom is 0.338 e. The summed E-state index contributed by atoms with van der Waals surface area (Å²) in [5.74, 6) is -0.406. The number of ether oxygens (including phenoxy) is 1. The van der Waals surface area contributed by atoms with Gasteiger partial charge in [-0.3, -0.25) is 14.6 Å². The summed E-state index contributed by atoms with van der Waals surface area (Å²) in [5, 5.41) is 3.43. The number of halogens is 2. The van der Waals surface area contributed by atoms with E-state index in [0.29, 0.717) is 53.8 Å². The lowest BCUT2D eigenvalue weighted by Gasteiger charge is -2.42. The van der Waals surface area contributed by atoms with E-state index in [-0.39, 0.29) is 29.6 Å². The fraction of sp³-hybridized carbons (Fsp3) is 0.400. The number of nitrogens with one attached hydrogen (secondary N) is 1. The van der Waals surface area contributed by atoms with Crippen molar-refractivity contribution in [1.82, 2.24) is 20.0 Å². The molecule has 1 aromatic heterocycles. The SMILES string of the molecule is CCOC(=O)C1=C(CN2CCN(C(=O)c3ccco3)[C@H](C)C2)N(C)C(=O)N[C@H]1c1cccc(Cl)c1Cl. The Morgan fingerprint density at radius 1 is 1.19 bits per heavy atom. The third kappa shape index (κ3) is 5.09. The van der Waals surface area contributed by atoms with Gasteiger partial charge in [0.15, 0.2) is 5.76 Å². The quantitative estimate of drug-likeness (QED) is 0.563. The molecule has 0 saturated carbocycles. The van der Waals surface area contributed by atoms with Crippen molar-refractivity contribution in [3.63, 3.8) is 0 Å². The first-order valence-electron chi connectivity index (χ1n) is 11.7. The molecule has 0 aliphatic carbocycles. The highest BCUT2D eigenvalue weighted by Crippen LogP contribution is 2.37. The van der Waals surface area contributed by atoms with Crippen molar-refractivity contribution in [2.24, 2.45) is 0 Å². The maximum absolute atomic E-state index is 13.2. The van der Waals surface area contributed by atoms with E-state index in [4.69, 9.17) is 32.4 Å². The van der Waals surface area contributed by atoms with Crippen LogP contribution in [0.4, 0.5) is 4.79 Å². The molecular weight excluding hydrogens is 507 g/mol. The number of carbonyl (C=O) groups excluding carboxylic acids is 3. The molecule has 0 unspecified atom stereocenters. The van der Waals surface area contributed by atoms with Gasteiger partial charge in [-0.15, -0.1) is 0 Å². The monoisotopic (exact) mass is 534 g/mol. The molecule has 1 saturated heterocycles. The van der Waals surface area contributed by atoms with Gasteiger partial charge in [0.2, 0.25) is 0 Å². The van der Waals surface area contributed by atoms with Gasteiger partial charge in [0.25, 0.3) is 5.91 Å². The largest absolute Gasteiger partial charge is 0.463 e. The third-order valence-electron chi connectivity index (χ3n) is 6.44. The van der Waals surface area contributed by atoms with Gasteiger partial charge in [-0.2, -0.15) is 0 Å². The number of piperazine rings is 1. The van der Waals surface area contributed by atoms with Crippen LogP contribution in [0.15, 0.2) is 52.3 Å². The summed E-state index contributed by atoms with van der Waals surface area (Å²) in [5.41, 5.74) is 1.31. The van der Waals surface area contributed by atoms with Crippen molar-refractivity contribution < 1.29 is 23.5 Å². The van der Waals surface area contributed by atoms with Crippen LogP contribution in [0.25, 0.3) is 0 Å². The Bertz CT molecular complexity index is 1180. The van der Waals surface area contributed by atoms with Crippen molar-refractivity contribution in [1.29, 1.82) is 0 Å². The highest BCUT2D eigenvalue weighted by atomic mass is 35.5. The minimum Gasteiger partial charge on any atom is -0.463 e. The first-order chi connectivity index (χ1) is 17.2. The number of furan rings is 1. The second-order valence-corrected chi connectivity index (χ2v) is 9.51. The van der Waals surface area contributed by atoms with E-state index in [0.717, 1.165) is 0 Å². The molecule has 36 heavy (non-hydrogen) atoms. The second kappa shape index (κ2) is 10.9. The molecular formula is C25H28Cl2N4O5. The van der Waals surface area contributed by atoms with Gasteiger partial charge in [0.05, 0.1) is 34.5 Å². The lowest BCUT2D eigenvalue weighted by Crippen LogP contribution is -2.56. The van der Waals surface area contributed by atoms with Crippen LogP contribution in [0, 0.1) is 0 Å². The van der Waals surface area contributed by atoms with E-state index in [1.165, 1.54) is 11.2 Å². The summed E-state index contributed by atoms with van der Waals surface area (Å²) in [6.07, 6.45) is 1.48. The predicted molar refractivity (Wildman–Crippen MR) is 135 cm³/mol. The number of likely N-dealkylation sites (N-methyl/N-ethyl adjacent to an activating group) is 1. The number of carbonyl (C=O) groups is 3. The molecule has 0 spiro atoms. The van der Waals surface area contributed by atoms with Gasteiger partial charge < -0.3 is 19.4 Å². The smallest absolute Gasteiger partial charge is 0.338 e. The number of benzene rings is 1. The first-order valence-corrected chi connectivity index (χ1v) is 12.4. The van der Waals surface area contributed by atoms with E-state index in [2.05, 4.69) is 10.2 Å². The summed E-state index contributed by atoms with van der Waals surface area (Å²) in [7, 11) is 1.61. The zero-order valence-corrected chi connectivity index (χ0v) is 21.8. The van der Waals surface area contributed by atoms with Crippen molar-refractivity contribution in [2.75, 3.05) is 39.8 Å². The lowest BCUT2D eigenvalue weighted by molar-refractivity contribution is -0.139. The maximum atomic E-state index is 13.2. The molecule has 3 heterocycles. The molecule has 2 aliphatic heterocycles. The van der Waals surface area contributed by atoms with Crippen LogP contribution in [0.5, 0.6) is 0 Å². The van der Waals surface area contributed by atoms with Gasteiger partial charge in [-0.1, -0.05) is 35.3 Å². The average molecular weight is 535 g/mol. The topological polar surface area (TPSA) is 95.3 Å². The number of hydrogen-bond acceptors (Lipinski definition) is 6. The molecule has 1 aromatic carbocycles. The first kappa shape index (κ1) is 26.1. The fourth-order valence-corrected chi connectivity index (χ4v) is 5.02. The molecule has 9 nitrogen and oxygen atoms in total. The van der Waals surface area contributed by atoms with Gasteiger partial charge in [-0.05, 0) is 37.6 Å². The summed E-state index contributed by atoms with van der Waals surface area (Å²) in [4.78, 5) is 44.3. The molecule has 11 heteroatoms. The minimum absolute atomic E-state index is 0.108. The van der Waals surface area contributed by atoms with Crippen LogP contribution < -0.4 is 5.32 Å². The normalized spacial score (nSPS) is 21.0. The van der Waals surface area contributed by atoms with Crippen LogP contribution in [0.2, 0.25) is 10.0 Å². The van der Waals surface area contributed by atoms with E-state index in [1.54, 1.807) is 49.2 Å². The fourth-order valence-electron chi connectivity index (χ4n) is 4.61. The van der Waals surface area contributed by atoms with E-state index in [1.807, 2.05) is 6.92 Å². The molecule has 2 atom stereocenters. The highest BCUT2D eigenvalue weighted by molar-refractivity contribution is 6.42. The zero-order valence-electron chi connectivity index (χ0n) is 20.3. The Morgan fingerprint density at radius 3 is 2.64 bits per heavy atom. The summed E-state index contributed by atoms with van der Waals surface area (Å²) in [6.45, 7) is 5.73. The highest BCUT2D eigenvalue weighted by Gasteiger charge is 2.39. The number of hydrogen-bond donors (Lipinski definition) is 1. The van der Waals surface area contributed by atoms with Crippen molar-refractivity contribution >= 4 is 41.1 Å². The summed E-state index contributed by atoms with van der Waals surface area (Å²) >= 11 is 12.7. The minimum atomic E-state index is -0.826. The third-order valence-corrected chi connectivity index (χ3v) is 7.28. The number of rotatable bonds is 6. The van der Waals surface area contributed by atoms with Crippen molar-refractivity contribution in [2.45, 2.75) is 25.9 Å². The Kier molecular flexibility index (Phi) is 7.92. The number of nitrogens with zero attached hydrogens (tertiary/aromatic N) is 3. The van der Waals surface area contributed by atoms with Crippen LogP contribution in [0.1, 0.15) is 36.0 Å². The number of esters is 1. The van der Waals surface area contributed by atoms with E-state index < -0.39 is 12.0 Å². The molecule has 0 radical (unpaired) electrons. The molecule has 0 bridgehead atoms. The Labute approximate surface area is 219 Å². The van der Waals surface area contributed by atoms with Gasteiger partial charge >= 0.3 is 12.0 Å². The second-order valence-electron chi connectivity index (χ2n) is 8.73. The van der Waals surface area contributed by atoms with Gasteiger partial charge in [0, 0.05) is 45.0 Å². The van der Waals surface area contributed by atoms with Gasteiger partial charge in [-0.25, -0.2) is 9.59 Å². The van der Waals surface area contributed by atoms with Crippen molar-refractivity contribution in [3.05, 3.63) is 69.2 Å². The standard InChI is InChI=1S/C25H28Cl2N4O5/c1-4-35-24(33)20-18(29(3)25(34)28-22(20)16-7-5-8-17(26)21(16)27)14-30-10-11-31(15(2)13-30)23(32)19-9-6-12-36-19/h5-9,12,15,22H,4,10-11,13-14H2,1-3H3,(H,28,34)/t15-,22+/m1/s1. The zero-order chi connectivity index (χ0) is 26.0. The molecule has 2 aromatic rings. The van der Waals surface area contributed by atoms with Crippen LogP contribution in [0.3, 0.4) is 0 Å². The lowest BCUT2D eigenvalue weighted by atomic mass is 9.94. The van der Waals surface area contributed by atoms with Crippen LogP contribution in [-0.2, 0) is 9.53 Å².